The Bertz CT molecular complexity index is 977. The van der Waals surface area contributed by atoms with E-state index in [0.29, 0.717) is 24.3 Å². The highest BCUT2D eigenvalue weighted by atomic mass is 16.5. The molecule has 1 amide bonds. The summed E-state index contributed by atoms with van der Waals surface area (Å²) in [5.41, 5.74) is 3.04. The van der Waals surface area contributed by atoms with Gasteiger partial charge in [0.1, 0.15) is 11.4 Å². The predicted molar refractivity (Wildman–Crippen MR) is 116 cm³/mol. The zero-order chi connectivity index (χ0) is 20.9. The van der Waals surface area contributed by atoms with Gasteiger partial charge in [-0.15, -0.1) is 0 Å². The van der Waals surface area contributed by atoms with Gasteiger partial charge >= 0.3 is 0 Å². The van der Waals surface area contributed by atoms with E-state index in [-0.39, 0.29) is 12.0 Å². The molecule has 6 heteroatoms. The van der Waals surface area contributed by atoms with Gasteiger partial charge in [-0.25, -0.2) is 4.68 Å². The van der Waals surface area contributed by atoms with E-state index in [0.717, 1.165) is 36.4 Å². The third kappa shape index (κ3) is 4.24. The number of rotatable bonds is 7. The third-order valence-corrected chi connectivity index (χ3v) is 5.45. The second-order valence-corrected chi connectivity index (χ2v) is 7.38. The summed E-state index contributed by atoms with van der Waals surface area (Å²) in [7, 11) is 1.64. The molecule has 3 aromatic rings. The van der Waals surface area contributed by atoms with E-state index in [4.69, 9.17) is 14.6 Å². The summed E-state index contributed by atoms with van der Waals surface area (Å²) in [6.45, 7) is 4.01. The quantitative estimate of drug-likeness (QED) is 0.591. The molecule has 4 rings (SSSR count). The number of hydrogen-bond acceptors (Lipinski definition) is 4. The number of hydrogen-bond donors (Lipinski definition) is 0. The van der Waals surface area contributed by atoms with Gasteiger partial charge in [0.15, 0.2) is 0 Å². The lowest BCUT2D eigenvalue weighted by Gasteiger charge is -2.24. The average Bonchev–Trinajstić information content (AvgIpc) is 3.48. The molecular formula is C24H27N3O3. The molecule has 1 aliphatic heterocycles. The minimum Gasteiger partial charge on any atom is -0.497 e. The first kappa shape index (κ1) is 20.2. The summed E-state index contributed by atoms with van der Waals surface area (Å²) >= 11 is 0. The fraction of sp³-hybridized carbons (Fsp3) is 0.333. The molecule has 0 N–H and O–H groups in total. The molecule has 0 unspecified atom stereocenters. The molecule has 0 saturated carbocycles. The van der Waals surface area contributed by atoms with Crippen molar-refractivity contribution in [3.8, 4) is 22.7 Å². The van der Waals surface area contributed by atoms with Crippen molar-refractivity contribution in [1.82, 2.24) is 14.7 Å². The van der Waals surface area contributed by atoms with E-state index in [1.807, 2.05) is 72.6 Å². The third-order valence-electron chi connectivity index (χ3n) is 5.45. The Labute approximate surface area is 177 Å². The number of ether oxygens (including phenoxy) is 2. The number of benzene rings is 2. The summed E-state index contributed by atoms with van der Waals surface area (Å²) in [5, 5.41) is 4.77. The number of aromatic nitrogens is 2. The van der Waals surface area contributed by atoms with Crippen LogP contribution in [0.5, 0.6) is 5.75 Å². The molecule has 156 valence electrons. The van der Waals surface area contributed by atoms with Crippen molar-refractivity contribution in [3.05, 3.63) is 66.4 Å². The number of nitrogens with zero attached hydrogens (tertiary/aromatic N) is 3. The fourth-order valence-corrected chi connectivity index (χ4v) is 3.77. The number of methoxy groups -OCH3 is 1. The van der Waals surface area contributed by atoms with Gasteiger partial charge in [0, 0.05) is 31.5 Å². The molecule has 0 radical (unpaired) electrons. The van der Waals surface area contributed by atoms with Gasteiger partial charge in [-0.2, -0.15) is 5.10 Å². The lowest BCUT2D eigenvalue weighted by atomic mass is 10.1. The molecule has 0 aliphatic carbocycles. The van der Waals surface area contributed by atoms with Crippen molar-refractivity contribution in [2.75, 3.05) is 26.8 Å². The maximum absolute atomic E-state index is 13.5. The van der Waals surface area contributed by atoms with E-state index in [1.54, 1.807) is 11.8 Å². The molecule has 1 aromatic heterocycles. The number of carbonyl (C=O) groups excluding carboxylic acids is 1. The number of likely N-dealkylation sites (N-methyl/N-ethyl adjacent to an activating group) is 1. The van der Waals surface area contributed by atoms with Crippen LogP contribution in [0.4, 0.5) is 0 Å². The molecule has 2 aromatic carbocycles. The zero-order valence-electron chi connectivity index (χ0n) is 17.5. The minimum atomic E-state index is -0.0269. The van der Waals surface area contributed by atoms with Crippen LogP contribution in [0.25, 0.3) is 16.9 Å². The number of para-hydroxylation sites is 1. The van der Waals surface area contributed by atoms with Crippen LogP contribution in [-0.2, 0) is 4.74 Å². The van der Waals surface area contributed by atoms with Crippen molar-refractivity contribution in [3.63, 3.8) is 0 Å². The molecule has 1 fully saturated rings. The van der Waals surface area contributed by atoms with Crippen LogP contribution in [0.1, 0.15) is 30.1 Å². The number of carbonyl (C=O) groups is 1. The first-order chi connectivity index (χ1) is 14.7. The molecule has 30 heavy (non-hydrogen) atoms. The van der Waals surface area contributed by atoms with Crippen LogP contribution in [0.3, 0.4) is 0 Å². The molecule has 1 atom stereocenters. The van der Waals surface area contributed by atoms with Crippen LogP contribution in [0.15, 0.2) is 60.8 Å². The Balaban J connectivity index is 1.71. The highest BCUT2D eigenvalue weighted by Crippen LogP contribution is 2.27. The van der Waals surface area contributed by atoms with Crippen LogP contribution < -0.4 is 4.74 Å². The van der Waals surface area contributed by atoms with E-state index in [1.165, 1.54) is 0 Å². The SMILES string of the molecule is CCN(C[C@H]1CCCO1)C(=O)c1cn(-c2ccccc2)nc1-c1ccc(OC)cc1. The second kappa shape index (κ2) is 9.13. The summed E-state index contributed by atoms with van der Waals surface area (Å²) in [6, 6.07) is 17.5. The van der Waals surface area contributed by atoms with Crippen LogP contribution in [-0.4, -0.2) is 53.5 Å². The molecular weight excluding hydrogens is 378 g/mol. The van der Waals surface area contributed by atoms with E-state index in [9.17, 15) is 4.79 Å². The maximum atomic E-state index is 13.5. The Morgan fingerprint density at radius 2 is 1.97 bits per heavy atom. The van der Waals surface area contributed by atoms with Gasteiger partial charge in [-0.1, -0.05) is 18.2 Å². The minimum absolute atomic E-state index is 0.0269. The van der Waals surface area contributed by atoms with Gasteiger partial charge in [0.05, 0.1) is 24.5 Å². The Morgan fingerprint density at radius 1 is 1.20 bits per heavy atom. The van der Waals surface area contributed by atoms with Gasteiger partial charge < -0.3 is 14.4 Å². The van der Waals surface area contributed by atoms with Gasteiger partial charge in [-0.3, -0.25) is 4.79 Å². The first-order valence-corrected chi connectivity index (χ1v) is 10.4. The molecule has 1 saturated heterocycles. The standard InChI is InChI=1S/C24H27N3O3/c1-3-26(16-21-10-7-15-30-21)24(28)22-17-27(19-8-5-4-6-9-19)25-23(22)18-11-13-20(29-2)14-12-18/h4-6,8-9,11-14,17,21H,3,7,10,15-16H2,1-2H3/t21-/m1/s1. The monoisotopic (exact) mass is 405 g/mol. The van der Waals surface area contributed by atoms with E-state index >= 15 is 0 Å². The van der Waals surface area contributed by atoms with Crippen molar-refractivity contribution in [2.45, 2.75) is 25.9 Å². The summed E-state index contributed by atoms with van der Waals surface area (Å²) < 4.78 is 12.8. The Kier molecular flexibility index (Phi) is 6.14. The summed E-state index contributed by atoms with van der Waals surface area (Å²) in [6.07, 6.45) is 4.00. The lowest BCUT2D eigenvalue weighted by molar-refractivity contribution is 0.0539. The molecule has 6 nitrogen and oxygen atoms in total. The Hall–Kier alpha value is -3.12. The topological polar surface area (TPSA) is 56.6 Å². The van der Waals surface area contributed by atoms with E-state index < -0.39 is 0 Å². The van der Waals surface area contributed by atoms with E-state index in [2.05, 4.69) is 0 Å². The smallest absolute Gasteiger partial charge is 0.257 e. The predicted octanol–water partition coefficient (Wildman–Crippen LogP) is 4.19. The normalized spacial score (nSPS) is 15.9. The second-order valence-electron chi connectivity index (χ2n) is 7.38. The highest BCUT2D eigenvalue weighted by molar-refractivity contribution is 6.00. The molecule has 2 heterocycles. The van der Waals surface area contributed by atoms with Crippen LogP contribution in [0.2, 0.25) is 0 Å². The molecule has 1 aliphatic rings. The Morgan fingerprint density at radius 3 is 2.60 bits per heavy atom. The van der Waals surface area contributed by atoms with Gasteiger partial charge in [-0.05, 0) is 56.2 Å². The number of amides is 1. The lowest BCUT2D eigenvalue weighted by Crippen LogP contribution is -2.37. The van der Waals surface area contributed by atoms with Gasteiger partial charge in [0.2, 0.25) is 0 Å². The summed E-state index contributed by atoms with van der Waals surface area (Å²) in [4.78, 5) is 15.4. The zero-order valence-corrected chi connectivity index (χ0v) is 17.5. The maximum Gasteiger partial charge on any atom is 0.257 e. The van der Waals surface area contributed by atoms with Crippen LogP contribution in [0, 0.1) is 0 Å². The van der Waals surface area contributed by atoms with Crippen molar-refractivity contribution in [2.24, 2.45) is 0 Å². The highest BCUT2D eigenvalue weighted by Gasteiger charge is 2.26. The van der Waals surface area contributed by atoms with Crippen molar-refractivity contribution in [1.29, 1.82) is 0 Å². The fourth-order valence-electron chi connectivity index (χ4n) is 3.77. The van der Waals surface area contributed by atoms with Gasteiger partial charge in [0.25, 0.3) is 5.91 Å². The average molecular weight is 405 g/mol. The van der Waals surface area contributed by atoms with Crippen molar-refractivity contribution < 1.29 is 14.3 Å². The largest absolute Gasteiger partial charge is 0.497 e. The van der Waals surface area contributed by atoms with Crippen LogP contribution >= 0.6 is 0 Å². The molecule has 0 spiro atoms. The summed E-state index contributed by atoms with van der Waals surface area (Å²) in [5.74, 6) is 0.740. The van der Waals surface area contributed by atoms with Crippen molar-refractivity contribution >= 4 is 5.91 Å². The molecule has 0 bridgehead atoms. The first-order valence-electron chi connectivity index (χ1n) is 10.4.